The average Bonchev–Trinajstić information content (AvgIpc) is 2.20. The Morgan fingerprint density at radius 1 is 1.31 bits per heavy atom. The Morgan fingerprint density at radius 2 is 2.00 bits per heavy atom. The van der Waals surface area contributed by atoms with Crippen molar-refractivity contribution in [2.75, 3.05) is 13.1 Å². The van der Waals surface area contributed by atoms with Gasteiger partial charge in [-0.1, -0.05) is 30.0 Å². The molecule has 0 aromatic rings. The SMILES string of the molecule is CC1=CC(Cl)N(CCCCCCN)C=C1.Cl. The van der Waals surface area contributed by atoms with Crippen LogP contribution < -0.4 is 5.73 Å². The molecule has 4 heteroatoms. The highest BCUT2D eigenvalue weighted by Gasteiger charge is 2.11. The van der Waals surface area contributed by atoms with Crippen molar-refractivity contribution in [1.82, 2.24) is 4.90 Å². The van der Waals surface area contributed by atoms with Gasteiger partial charge in [0.25, 0.3) is 0 Å². The topological polar surface area (TPSA) is 29.3 Å². The molecular formula is C12H22Cl2N2. The number of allylic oxidation sites excluding steroid dienone is 2. The van der Waals surface area contributed by atoms with Gasteiger partial charge in [-0.3, -0.25) is 0 Å². The van der Waals surface area contributed by atoms with E-state index in [2.05, 4.69) is 30.2 Å². The smallest absolute Gasteiger partial charge is 0.123 e. The van der Waals surface area contributed by atoms with Crippen molar-refractivity contribution in [3.05, 3.63) is 23.9 Å². The van der Waals surface area contributed by atoms with Crippen molar-refractivity contribution in [2.45, 2.75) is 38.1 Å². The molecule has 0 bridgehead atoms. The summed E-state index contributed by atoms with van der Waals surface area (Å²) in [5.41, 5.74) is 6.72. The van der Waals surface area contributed by atoms with Crippen LogP contribution in [0.25, 0.3) is 0 Å². The summed E-state index contributed by atoms with van der Waals surface area (Å²) in [6.45, 7) is 3.92. The van der Waals surface area contributed by atoms with Gasteiger partial charge in [0.1, 0.15) is 5.50 Å². The first-order chi connectivity index (χ1) is 7.24. The van der Waals surface area contributed by atoms with Gasteiger partial charge in [-0.2, -0.15) is 0 Å². The second-order valence-electron chi connectivity index (χ2n) is 4.04. The molecule has 0 radical (unpaired) electrons. The molecule has 1 rings (SSSR count). The molecule has 0 aromatic heterocycles. The number of hydrogen-bond donors (Lipinski definition) is 1. The second kappa shape index (κ2) is 8.91. The Labute approximate surface area is 110 Å². The van der Waals surface area contributed by atoms with Crippen LogP contribution in [0.4, 0.5) is 0 Å². The van der Waals surface area contributed by atoms with E-state index in [-0.39, 0.29) is 17.9 Å². The Kier molecular flexibility index (Phi) is 8.81. The number of hydrogen-bond acceptors (Lipinski definition) is 2. The Morgan fingerprint density at radius 3 is 2.62 bits per heavy atom. The molecule has 2 N–H and O–H groups in total. The number of unbranched alkanes of at least 4 members (excludes halogenated alkanes) is 3. The van der Waals surface area contributed by atoms with Crippen LogP contribution in [0.5, 0.6) is 0 Å². The lowest BCUT2D eigenvalue weighted by Crippen LogP contribution is -2.27. The zero-order valence-corrected chi connectivity index (χ0v) is 11.4. The quantitative estimate of drug-likeness (QED) is 0.453. The Hall–Kier alpha value is -0.180. The lowest BCUT2D eigenvalue weighted by molar-refractivity contribution is 0.365. The molecule has 1 aliphatic rings. The van der Waals surface area contributed by atoms with Crippen molar-refractivity contribution >= 4 is 24.0 Å². The molecule has 1 unspecified atom stereocenters. The first-order valence-corrected chi connectivity index (χ1v) is 6.14. The Bertz CT molecular complexity index is 239. The molecule has 1 atom stereocenters. The standard InChI is InChI=1S/C12H21ClN2.ClH/c1-11-6-9-15(12(13)10-11)8-5-3-2-4-7-14;/h6,9-10,12H,2-5,7-8,14H2,1H3;1H. The van der Waals surface area contributed by atoms with Crippen molar-refractivity contribution in [3.8, 4) is 0 Å². The maximum atomic E-state index is 6.20. The maximum Gasteiger partial charge on any atom is 0.123 e. The second-order valence-corrected chi connectivity index (χ2v) is 4.49. The molecule has 1 heterocycles. The summed E-state index contributed by atoms with van der Waals surface area (Å²) in [4.78, 5) is 2.18. The number of halogens is 2. The summed E-state index contributed by atoms with van der Waals surface area (Å²) in [5, 5.41) is 0. The van der Waals surface area contributed by atoms with Crippen molar-refractivity contribution in [1.29, 1.82) is 0 Å². The van der Waals surface area contributed by atoms with Crippen molar-refractivity contribution in [2.24, 2.45) is 5.73 Å². The van der Waals surface area contributed by atoms with Crippen LogP contribution in [-0.4, -0.2) is 23.5 Å². The van der Waals surface area contributed by atoms with E-state index >= 15 is 0 Å². The minimum atomic E-state index is 0. The molecule has 0 saturated carbocycles. The van der Waals surface area contributed by atoms with Gasteiger partial charge in [0.15, 0.2) is 0 Å². The van der Waals surface area contributed by atoms with Gasteiger partial charge in [0.2, 0.25) is 0 Å². The van der Waals surface area contributed by atoms with E-state index in [4.69, 9.17) is 17.3 Å². The summed E-state index contributed by atoms with van der Waals surface area (Å²) in [7, 11) is 0. The van der Waals surface area contributed by atoms with Crippen LogP contribution in [0.15, 0.2) is 23.9 Å². The van der Waals surface area contributed by atoms with Gasteiger partial charge < -0.3 is 10.6 Å². The zero-order valence-electron chi connectivity index (χ0n) is 9.86. The lowest BCUT2D eigenvalue weighted by Gasteiger charge is -2.27. The van der Waals surface area contributed by atoms with Gasteiger partial charge in [0, 0.05) is 12.7 Å². The predicted molar refractivity (Wildman–Crippen MR) is 74.0 cm³/mol. The number of nitrogens with two attached hydrogens (primary N) is 1. The largest absolute Gasteiger partial charge is 0.358 e. The minimum Gasteiger partial charge on any atom is -0.358 e. The third kappa shape index (κ3) is 5.78. The van der Waals surface area contributed by atoms with Crippen LogP contribution in [0.2, 0.25) is 0 Å². The molecule has 0 aromatic carbocycles. The lowest BCUT2D eigenvalue weighted by atomic mass is 10.1. The summed E-state index contributed by atoms with van der Waals surface area (Å²) < 4.78 is 0. The fourth-order valence-corrected chi connectivity index (χ4v) is 2.02. The first-order valence-electron chi connectivity index (χ1n) is 5.70. The van der Waals surface area contributed by atoms with Crippen molar-refractivity contribution in [3.63, 3.8) is 0 Å². The van der Waals surface area contributed by atoms with E-state index < -0.39 is 0 Å². The van der Waals surface area contributed by atoms with E-state index in [0.29, 0.717) is 0 Å². The first kappa shape index (κ1) is 15.8. The fourth-order valence-electron chi connectivity index (χ4n) is 1.65. The molecule has 0 spiro atoms. The van der Waals surface area contributed by atoms with Crippen LogP contribution in [0.1, 0.15) is 32.6 Å². The summed E-state index contributed by atoms with van der Waals surface area (Å²) in [5.74, 6) is 0. The molecule has 1 aliphatic heterocycles. The minimum absolute atomic E-state index is 0. The number of rotatable bonds is 6. The Balaban J connectivity index is 0.00000225. The van der Waals surface area contributed by atoms with Gasteiger partial charge in [0.05, 0.1) is 0 Å². The highest BCUT2D eigenvalue weighted by Crippen LogP contribution is 2.17. The molecule has 0 amide bonds. The summed E-state index contributed by atoms with van der Waals surface area (Å²) in [6.07, 6.45) is 11.1. The monoisotopic (exact) mass is 264 g/mol. The van der Waals surface area contributed by atoms with E-state index in [0.717, 1.165) is 19.5 Å². The zero-order chi connectivity index (χ0) is 11.1. The summed E-state index contributed by atoms with van der Waals surface area (Å²) in [6, 6.07) is 0. The molecule has 94 valence electrons. The van der Waals surface area contributed by atoms with Crippen LogP contribution in [0.3, 0.4) is 0 Å². The average molecular weight is 265 g/mol. The van der Waals surface area contributed by atoms with Crippen LogP contribution >= 0.6 is 24.0 Å². The number of nitrogens with zero attached hydrogens (tertiary/aromatic N) is 1. The van der Waals surface area contributed by atoms with Gasteiger partial charge in [-0.15, -0.1) is 12.4 Å². The van der Waals surface area contributed by atoms with E-state index in [1.807, 2.05) is 0 Å². The molecule has 0 saturated heterocycles. The van der Waals surface area contributed by atoms with Crippen LogP contribution in [0, 0.1) is 0 Å². The van der Waals surface area contributed by atoms with E-state index in [1.165, 1.54) is 24.8 Å². The molecule has 0 aliphatic carbocycles. The number of alkyl halides is 1. The molecule has 0 fully saturated rings. The van der Waals surface area contributed by atoms with Crippen molar-refractivity contribution < 1.29 is 0 Å². The third-order valence-electron chi connectivity index (χ3n) is 2.62. The van der Waals surface area contributed by atoms with Gasteiger partial charge in [-0.05, 0) is 38.5 Å². The van der Waals surface area contributed by atoms with Crippen LogP contribution in [-0.2, 0) is 0 Å². The normalized spacial score (nSPS) is 19.3. The molecule has 16 heavy (non-hydrogen) atoms. The maximum absolute atomic E-state index is 6.20. The summed E-state index contributed by atoms with van der Waals surface area (Å²) >= 11 is 6.20. The highest BCUT2D eigenvalue weighted by molar-refractivity contribution is 6.21. The van der Waals surface area contributed by atoms with E-state index in [1.54, 1.807) is 0 Å². The predicted octanol–water partition coefficient (Wildman–Crippen LogP) is 3.27. The van der Waals surface area contributed by atoms with E-state index in [9.17, 15) is 0 Å². The third-order valence-corrected chi connectivity index (χ3v) is 2.99. The van der Waals surface area contributed by atoms with Gasteiger partial charge in [-0.25, -0.2) is 0 Å². The van der Waals surface area contributed by atoms with Gasteiger partial charge >= 0.3 is 0 Å². The fraction of sp³-hybridized carbons (Fsp3) is 0.667. The highest BCUT2D eigenvalue weighted by atomic mass is 35.5. The molecular weight excluding hydrogens is 243 g/mol. The molecule has 2 nitrogen and oxygen atoms in total.